The molecule has 2 saturated carbocycles. The normalized spacial score (nSPS) is 35.9. The van der Waals surface area contributed by atoms with Gasteiger partial charge in [0.2, 0.25) is 5.91 Å². The Morgan fingerprint density at radius 1 is 0.925 bits per heavy atom. The van der Waals surface area contributed by atoms with Crippen LogP contribution in [0, 0.1) is 29.1 Å². The number of hydrogen-bond donors (Lipinski definition) is 1. The van der Waals surface area contributed by atoms with Crippen molar-refractivity contribution >= 4 is 23.5 Å². The predicted octanol–water partition coefficient (Wildman–Crippen LogP) is 8.42. The second-order valence-corrected chi connectivity index (χ2v) is 16.5. The first-order chi connectivity index (χ1) is 19.2. The summed E-state index contributed by atoms with van der Waals surface area (Å²) in [5, 5.41) is 4.15. The van der Waals surface area contributed by atoms with Crippen molar-refractivity contribution in [2.75, 3.05) is 18.8 Å². The van der Waals surface area contributed by atoms with Gasteiger partial charge in [-0.15, -0.1) is 0 Å². The Morgan fingerprint density at radius 3 is 2.30 bits per heavy atom. The maximum absolute atomic E-state index is 12.7. The zero-order valence-electron chi connectivity index (χ0n) is 26.8. The largest absolute Gasteiger partial charge is 0.356 e. The van der Waals surface area contributed by atoms with Crippen LogP contribution in [0.2, 0.25) is 0 Å². The van der Waals surface area contributed by atoms with Gasteiger partial charge in [-0.3, -0.25) is 14.5 Å². The highest BCUT2D eigenvalue weighted by atomic mass is 32.2. The molecule has 2 saturated heterocycles. The topological polar surface area (TPSA) is 49.4 Å². The fourth-order valence-corrected chi connectivity index (χ4v) is 10.5. The van der Waals surface area contributed by atoms with E-state index in [4.69, 9.17) is 0 Å². The van der Waals surface area contributed by atoms with Gasteiger partial charge in [-0.1, -0.05) is 65.7 Å². The molecule has 0 bridgehead atoms. The Morgan fingerprint density at radius 2 is 1.60 bits per heavy atom. The van der Waals surface area contributed by atoms with E-state index in [2.05, 4.69) is 56.6 Å². The van der Waals surface area contributed by atoms with Gasteiger partial charge in [0.1, 0.15) is 5.78 Å². The Labute approximate surface area is 251 Å². The van der Waals surface area contributed by atoms with E-state index in [0.717, 1.165) is 55.4 Å². The van der Waals surface area contributed by atoms with E-state index in [1.165, 1.54) is 89.2 Å². The van der Waals surface area contributed by atoms with Crippen molar-refractivity contribution in [3.05, 3.63) is 0 Å². The summed E-state index contributed by atoms with van der Waals surface area (Å²) in [6.07, 6.45) is 20.7. The van der Waals surface area contributed by atoms with Crippen LogP contribution in [0.15, 0.2) is 0 Å². The summed E-state index contributed by atoms with van der Waals surface area (Å²) >= 11 is 2.09. The van der Waals surface area contributed by atoms with E-state index in [1.807, 2.05) is 0 Å². The number of carbonyl (C=O) groups is 2. The van der Waals surface area contributed by atoms with Crippen molar-refractivity contribution in [2.24, 2.45) is 29.1 Å². The van der Waals surface area contributed by atoms with E-state index in [1.54, 1.807) is 0 Å². The lowest BCUT2D eigenvalue weighted by Gasteiger charge is -2.62. The molecule has 230 valence electrons. The van der Waals surface area contributed by atoms with Gasteiger partial charge in [0, 0.05) is 24.9 Å². The summed E-state index contributed by atoms with van der Waals surface area (Å²) in [6.45, 7) is 13.7. The lowest BCUT2D eigenvalue weighted by atomic mass is 9.51. The standard InChI is InChI=1S/C35H62N2O2S/c1-26(2)40-24-14-12-10-8-6-7-9-11-13-15-33(39)36-25-28-16-17-30-29-20-23-37-27(3)32(38)19-22-35(37,5)31(29)18-21-34(28,30)4/h26-31H,6-25H2,1-5H3,(H,36,39)/t27?,28-,29+,30+,31+,34-,35-/m1/s1. The molecular formula is C35H62N2O2S. The third-order valence-electron chi connectivity index (χ3n) is 12.1. The number of thioether (sulfide) groups is 1. The van der Waals surface area contributed by atoms with Gasteiger partial charge in [0.05, 0.1) is 6.04 Å². The molecule has 40 heavy (non-hydrogen) atoms. The summed E-state index contributed by atoms with van der Waals surface area (Å²) in [5.41, 5.74) is 0.576. The molecule has 0 aromatic carbocycles. The van der Waals surface area contributed by atoms with Crippen molar-refractivity contribution in [2.45, 2.75) is 161 Å². The summed E-state index contributed by atoms with van der Waals surface area (Å²) in [5.74, 6) is 5.00. The van der Waals surface area contributed by atoms with Gasteiger partial charge in [-0.2, -0.15) is 11.8 Å². The molecule has 4 rings (SSSR count). The number of ketones is 1. The van der Waals surface area contributed by atoms with Gasteiger partial charge in [0.25, 0.3) is 0 Å². The van der Waals surface area contributed by atoms with Crippen LogP contribution in [0.1, 0.15) is 144 Å². The number of fused-ring (bicyclic) bond motifs is 5. The maximum atomic E-state index is 12.7. The lowest BCUT2D eigenvalue weighted by Crippen LogP contribution is -2.67. The Bertz CT molecular complexity index is 832. The van der Waals surface area contributed by atoms with Gasteiger partial charge in [-0.05, 0) is 112 Å². The molecule has 2 aliphatic heterocycles. The fraction of sp³-hybridized carbons (Fsp3) is 0.943. The molecule has 4 aliphatic rings. The summed E-state index contributed by atoms with van der Waals surface area (Å²) in [6, 6.07) is 0.105. The Balaban J connectivity index is 1.11. The molecule has 7 atom stereocenters. The van der Waals surface area contributed by atoms with Crippen LogP contribution in [0.3, 0.4) is 0 Å². The Kier molecular flexibility index (Phi) is 11.9. The minimum absolute atomic E-state index is 0.105. The van der Waals surface area contributed by atoms with Crippen molar-refractivity contribution in [1.82, 2.24) is 10.2 Å². The highest BCUT2D eigenvalue weighted by molar-refractivity contribution is 7.99. The van der Waals surface area contributed by atoms with Gasteiger partial charge in [0.15, 0.2) is 0 Å². The number of rotatable bonds is 15. The van der Waals surface area contributed by atoms with Crippen molar-refractivity contribution in [3.63, 3.8) is 0 Å². The smallest absolute Gasteiger partial charge is 0.220 e. The van der Waals surface area contributed by atoms with Crippen LogP contribution < -0.4 is 5.32 Å². The van der Waals surface area contributed by atoms with Crippen LogP contribution in [-0.4, -0.2) is 52.3 Å². The first-order valence-corrected chi connectivity index (χ1v) is 18.4. The van der Waals surface area contributed by atoms with E-state index in [-0.39, 0.29) is 17.5 Å². The molecule has 2 heterocycles. The van der Waals surface area contributed by atoms with Crippen LogP contribution in [0.4, 0.5) is 0 Å². The van der Waals surface area contributed by atoms with Crippen molar-refractivity contribution in [3.8, 4) is 0 Å². The summed E-state index contributed by atoms with van der Waals surface area (Å²) in [7, 11) is 0. The molecule has 0 aromatic heterocycles. The van der Waals surface area contributed by atoms with Gasteiger partial charge >= 0.3 is 0 Å². The van der Waals surface area contributed by atoms with E-state index >= 15 is 0 Å². The minimum Gasteiger partial charge on any atom is -0.356 e. The number of carbonyl (C=O) groups excluding carboxylic acids is 2. The van der Waals surface area contributed by atoms with Crippen molar-refractivity contribution < 1.29 is 9.59 Å². The lowest BCUT2D eigenvalue weighted by molar-refractivity contribution is -0.153. The molecule has 4 nitrogen and oxygen atoms in total. The number of amides is 1. The SMILES string of the molecule is CC(C)SCCCCCCCCCCCC(=O)NC[C@H]1CC[C@H]2[C@@H]3CCN4C(C)C(=O)CC[C@]4(C)[C@H]3CC[C@]12C. The number of nitrogens with zero attached hydrogens (tertiary/aromatic N) is 1. The van der Waals surface area contributed by atoms with E-state index in [9.17, 15) is 9.59 Å². The number of piperidine rings is 2. The van der Waals surface area contributed by atoms with Gasteiger partial charge in [-0.25, -0.2) is 0 Å². The third kappa shape index (κ3) is 7.50. The number of hydrogen-bond acceptors (Lipinski definition) is 4. The molecule has 1 N–H and O–H groups in total. The zero-order valence-corrected chi connectivity index (χ0v) is 27.6. The average Bonchev–Trinajstić information content (AvgIpc) is 3.26. The molecule has 4 fully saturated rings. The molecule has 1 amide bonds. The van der Waals surface area contributed by atoms with Gasteiger partial charge < -0.3 is 5.32 Å². The molecule has 0 radical (unpaired) electrons. The number of Topliss-reactive ketones (excluding diaryl/α,β-unsaturated/α-hetero) is 1. The first-order valence-electron chi connectivity index (χ1n) is 17.3. The van der Waals surface area contributed by atoms with Crippen LogP contribution in [0.25, 0.3) is 0 Å². The summed E-state index contributed by atoms with van der Waals surface area (Å²) < 4.78 is 0. The molecule has 5 heteroatoms. The number of nitrogens with one attached hydrogen (secondary N) is 1. The van der Waals surface area contributed by atoms with Crippen LogP contribution in [-0.2, 0) is 9.59 Å². The average molecular weight is 575 g/mol. The van der Waals surface area contributed by atoms with E-state index < -0.39 is 0 Å². The highest BCUT2D eigenvalue weighted by Crippen LogP contribution is 2.63. The first kappa shape index (κ1) is 32.4. The third-order valence-corrected chi connectivity index (χ3v) is 13.3. The van der Waals surface area contributed by atoms with E-state index in [0.29, 0.717) is 23.5 Å². The predicted molar refractivity (Wildman–Crippen MR) is 171 cm³/mol. The molecule has 2 aliphatic carbocycles. The molecule has 0 spiro atoms. The second-order valence-electron chi connectivity index (χ2n) is 14.8. The highest BCUT2D eigenvalue weighted by Gasteiger charge is 2.60. The second kappa shape index (κ2) is 14.8. The Hall–Kier alpha value is -0.550. The molecular weight excluding hydrogens is 512 g/mol. The van der Waals surface area contributed by atoms with Crippen molar-refractivity contribution in [1.29, 1.82) is 0 Å². The van der Waals surface area contributed by atoms with Crippen LogP contribution in [0.5, 0.6) is 0 Å². The number of unbranched alkanes of at least 4 members (excludes halogenated alkanes) is 8. The summed E-state index contributed by atoms with van der Waals surface area (Å²) in [4.78, 5) is 27.8. The quantitative estimate of drug-likeness (QED) is 0.199. The monoisotopic (exact) mass is 574 g/mol. The maximum Gasteiger partial charge on any atom is 0.220 e. The van der Waals surface area contributed by atoms with Crippen LogP contribution >= 0.6 is 11.8 Å². The molecule has 0 aromatic rings. The molecule has 1 unspecified atom stereocenters. The fourth-order valence-electron chi connectivity index (χ4n) is 9.66. The minimum atomic E-state index is 0.105. The zero-order chi connectivity index (χ0) is 28.8.